The zero-order chi connectivity index (χ0) is 37.2. The van der Waals surface area contributed by atoms with Gasteiger partial charge >= 0.3 is 5.97 Å². The van der Waals surface area contributed by atoms with E-state index in [2.05, 4.69) is 113 Å². The van der Waals surface area contributed by atoms with Gasteiger partial charge in [-0.15, -0.1) is 0 Å². The number of hydrogen-bond acceptors (Lipinski definition) is 7. The number of carboxylic acids is 1. The maximum atomic E-state index is 11.5. The van der Waals surface area contributed by atoms with Crippen LogP contribution in [-0.4, -0.2) is 34.3 Å². The number of nitrogens with zero attached hydrogens (tertiary/aromatic N) is 2. The van der Waals surface area contributed by atoms with E-state index in [1.54, 1.807) is 19.1 Å². The first-order valence-electron chi connectivity index (χ1n) is 17.5. The summed E-state index contributed by atoms with van der Waals surface area (Å²) in [5.41, 5.74) is 10.7. The second-order valence-corrected chi connectivity index (χ2v) is 14.3. The summed E-state index contributed by atoms with van der Waals surface area (Å²) in [6.45, 7) is 20.3. The molecule has 0 aliphatic carbocycles. The molecule has 3 aromatic carbocycles. The van der Waals surface area contributed by atoms with Crippen molar-refractivity contribution >= 4 is 28.6 Å². The van der Waals surface area contributed by atoms with Crippen LogP contribution in [0.5, 0.6) is 0 Å². The molecule has 0 saturated carbocycles. The molecule has 5 aromatic rings. The first-order chi connectivity index (χ1) is 24.3. The monoisotopic (exact) mass is 806 g/mol. The van der Waals surface area contributed by atoms with Gasteiger partial charge in [0.05, 0.1) is 24.5 Å². The normalized spacial score (nSPS) is 11.3. The Morgan fingerprint density at radius 1 is 0.706 bits per heavy atom. The molecule has 272 valence electrons. The van der Waals surface area contributed by atoms with Gasteiger partial charge < -0.3 is 23.4 Å². The highest BCUT2D eigenvalue weighted by Crippen LogP contribution is 2.30. The fourth-order valence-electron chi connectivity index (χ4n) is 5.59. The lowest BCUT2D eigenvalue weighted by molar-refractivity contribution is 0.0638. The van der Waals surface area contributed by atoms with Gasteiger partial charge in [0.2, 0.25) is 11.8 Å². The highest BCUT2D eigenvalue weighted by molar-refractivity contribution is 14.1. The van der Waals surface area contributed by atoms with Crippen LogP contribution in [0.15, 0.2) is 63.4 Å². The van der Waals surface area contributed by atoms with Crippen molar-refractivity contribution < 1.29 is 28.2 Å². The molecular weight excluding hydrogens is 755 g/mol. The van der Waals surface area contributed by atoms with Crippen molar-refractivity contribution in [2.24, 2.45) is 0 Å². The summed E-state index contributed by atoms with van der Waals surface area (Å²) >= 11 is 2.33. The Hall–Kier alpha value is -3.80. The van der Waals surface area contributed by atoms with Crippen LogP contribution in [0.2, 0.25) is 0 Å². The summed E-state index contributed by atoms with van der Waals surface area (Å²) in [5, 5.41) is 9.40. The lowest BCUT2D eigenvalue weighted by atomic mass is 10.0. The standard InChI is InChI=1S/C27H33NO5.C15H18INO/c1-17(2)25-23(28-26(33-25)21-11-10-18(3)20(5)14-21)16-32-13-7-12-31-15-22-9-6-8-19(4)24(22)27(29)30;1-9(2)14-13(8-16)17-15(18-14)12-6-5-10(3)11(4)7-12/h6,8-11,14,17H,7,12-13,15-16H2,1-5H3,(H,29,30);5-7,9H,8H2,1-4H3. The molecule has 2 aromatic heterocycles. The third-order valence-corrected chi connectivity index (χ3v) is 9.51. The molecule has 9 heteroatoms. The number of aryl methyl sites for hydroxylation is 5. The molecule has 0 amide bonds. The first kappa shape index (κ1) is 40.0. The average molecular weight is 807 g/mol. The van der Waals surface area contributed by atoms with Crippen LogP contribution >= 0.6 is 22.6 Å². The molecule has 0 aliphatic heterocycles. The van der Waals surface area contributed by atoms with Crippen molar-refractivity contribution in [3.8, 4) is 22.9 Å². The number of carbonyl (C=O) groups is 1. The first-order valence-corrected chi connectivity index (χ1v) is 19.0. The topological polar surface area (TPSA) is 108 Å². The SMILES string of the molecule is Cc1ccc(-c2nc(CI)c(C(C)C)o2)cc1C.Cc1ccc(-c2nc(COCCCOCc3cccc(C)c3C(=O)O)c(C(C)C)o2)cc1C. The molecule has 1 N–H and O–H groups in total. The summed E-state index contributed by atoms with van der Waals surface area (Å²) in [4.78, 5) is 20.8. The van der Waals surface area contributed by atoms with E-state index in [4.69, 9.17) is 23.3 Å². The van der Waals surface area contributed by atoms with E-state index in [1.807, 2.05) is 12.1 Å². The van der Waals surface area contributed by atoms with Crippen molar-refractivity contribution in [2.45, 2.75) is 98.2 Å². The Labute approximate surface area is 316 Å². The van der Waals surface area contributed by atoms with E-state index in [-0.39, 0.29) is 12.5 Å². The van der Waals surface area contributed by atoms with Crippen molar-refractivity contribution in [3.05, 3.63) is 116 Å². The number of aromatic nitrogens is 2. The number of halogens is 1. The van der Waals surface area contributed by atoms with Crippen LogP contribution in [0.1, 0.15) is 113 Å². The smallest absolute Gasteiger partial charge is 0.336 e. The van der Waals surface area contributed by atoms with Crippen LogP contribution in [0.25, 0.3) is 22.9 Å². The number of hydrogen-bond donors (Lipinski definition) is 1. The second-order valence-electron chi connectivity index (χ2n) is 13.6. The van der Waals surface area contributed by atoms with Crippen molar-refractivity contribution in [2.75, 3.05) is 13.2 Å². The molecule has 5 rings (SSSR count). The van der Waals surface area contributed by atoms with E-state index in [1.165, 1.54) is 22.3 Å². The second kappa shape index (κ2) is 18.6. The molecule has 0 atom stereocenters. The van der Waals surface area contributed by atoms with Crippen LogP contribution in [0.4, 0.5) is 0 Å². The molecule has 8 nitrogen and oxygen atoms in total. The lowest BCUT2D eigenvalue weighted by Gasteiger charge is -2.10. The molecule has 51 heavy (non-hydrogen) atoms. The van der Waals surface area contributed by atoms with Gasteiger partial charge in [-0.1, -0.05) is 80.6 Å². The average Bonchev–Trinajstić information content (AvgIpc) is 3.72. The van der Waals surface area contributed by atoms with Gasteiger partial charge in [-0.2, -0.15) is 0 Å². The van der Waals surface area contributed by atoms with Gasteiger partial charge in [-0.3, -0.25) is 0 Å². The van der Waals surface area contributed by atoms with Crippen LogP contribution in [0, 0.1) is 34.6 Å². The Bertz CT molecular complexity index is 1920. The quantitative estimate of drug-likeness (QED) is 0.0671. The largest absolute Gasteiger partial charge is 0.478 e. The molecular formula is C42H51IN2O6. The van der Waals surface area contributed by atoms with Gasteiger partial charge in [-0.05, 0) is 98.7 Å². The molecule has 0 bridgehead atoms. The Balaban J connectivity index is 0.000000272. The van der Waals surface area contributed by atoms with Crippen molar-refractivity contribution in [1.82, 2.24) is 9.97 Å². The van der Waals surface area contributed by atoms with E-state index in [9.17, 15) is 9.90 Å². The molecule has 0 aliphatic rings. The molecule has 0 saturated heterocycles. The van der Waals surface area contributed by atoms with Gasteiger partial charge in [0.1, 0.15) is 17.2 Å². The Kier molecular flexibility index (Phi) is 14.6. The minimum absolute atomic E-state index is 0.206. The summed E-state index contributed by atoms with van der Waals surface area (Å²) < 4.78 is 24.4. The summed E-state index contributed by atoms with van der Waals surface area (Å²) in [5.74, 6) is 2.88. The van der Waals surface area contributed by atoms with Gasteiger partial charge in [-0.25, -0.2) is 14.8 Å². The summed E-state index contributed by atoms with van der Waals surface area (Å²) in [6.07, 6.45) is 0.701. The number of aromatic carboxylic acids is 1. The highest BCUT2D eigenvalue weighted by Gasteiger charge is 2.19. The van der Waals surface area contributed by atoms with E-state index >= 15 is 0 Å². The zero-order valence-electron chi connectivity index (χ0n) is 31.4. The van der Waals surface area contributed by atoms with Crippen molar-refractivity contribution in [3.63, 3.8) is 0 Å². The van der Waals surface area contributed by atoms with E-state index in [0.29, 0.717) is 49.2 Å². The molecule has 2 heterocycles. The van der Waals surface area contributed by atoms with E-state index < -0.39 is 5.97 Å². The maximum Gasteiger partial charge on any atom is 0.336 e. The highest BCUT2D eigenvalue weighted by atomic mass is 127. The van der Waals surface area contributed by atoms with Gasteiger partial charge in [0, 0.05) is 40.6 Å². The predicted molar refractivity (Wildman–Crippen MR) is 211 cm³/mol. The van der Waals surface area contributed by atoms with E-state index in [0.717, 1.165) is 49.9 Å². The fraction of sp³-hybridized carbons (Fsp3) is 0.405. The van der Waals surface area contributed by atoms with Gasteiger partial charge in [0.25, 0.3) is 0 Å². The predicted octanol–water partition coefficient (Wildman–Crippen LogP) is 11.2. The van der Waals surface area contributed by atoms with Crippen LogP contribution in [0.3, 0.4) is 0 Å². The minimum atomic E-state index is -0.927. The number of ether oxygens (including phenoxy) is 2. The molecule has 0 unspecified atom stereocenters. The minimum Gasteiger partial charge on any atom is -0.478 e. The Morgan fingerprint density at radius 2 is 1.22 bits per heavy atom. The van der Waals surface area contributed by atoms with Crippen LogP contribution in [-0.2, 0) is 27.1 Å². The van der Waals surface area contributed by atoms with Crippen molar-refractivity contribution in [1.29, 1.82) is 0 Å². The number of rotatable bonds is 14. The fourth-order valence-corrected chi connectivity index (χ4v) is 6.14. The Morgan fingerprint density at radius 3 is 1.69 bits per heavy atom. The molecule has 0 spiro atoms. The van der Waals surface area contributed by atoms with Crippen LogP contribution < -0.4 is 0 Å². The lowest BCUT2D eigenvalue weighted by Crippen LogP contribution is -2.08. The number of benzene rings is 3. The third kappa shape index (κ3) is 10.6. The molecule has 0 fully saturated rings. The van der Waals surface area contributed by atoms with Gasteiger partial charge in [0.15, 0.2) is 0 Å². The number of carboxylic acid groups (broad SMARTS) is 1. The zero-order valence-corrected chi connectivity index (χ0v) is 33.5. The maximum absolute atomic E-state index is 11.5. The summed E-state index contributed by atoms with van der Waals surface area (Å²) in [7, 11) is 0. The number of oxazole rings is 2. The molecule has 0 radical (unpaired) electrons. The number of alkyl halides is 1. The summed E-state index contributed by atoms with van der Waals surface area (Å²) in [6, 6.07) is 18.0. The third-order valence-electron chi connectivity index (χ3n) is 8.78.